The van der Waals surface area contributed by atoms with Crippen LogP contribution in [0.1, 0.15) is 17.4 Å². The van der Waals surface area contributed by atoms with E-state index < -0.39 is 6.04 Å². The van der Waals surface area contributed by atoms with Crippen LogP contribution in [0.25, 0.3) is 0 Å². The van der Waals surface area contributed by atoms with Gasteiger partial charge in [-0.3, -0.25) is 10.1 Å². The van der Waals surface area contributed by atoms with E-state index in [1.807, 2.05) is 0 Å². The first kappa shape index (κ1) is 8.55. The van der Waals surface area contributed by atoms with Crippen LogP contribution in [0.4, 0.5) is 0 Å². The summed E-state index contributed by atoms with van der Waals surface area (Å²) in [5.74, 6) is 0. The number of hydrogen-bond donors (Lipinski definition) is 2. The number of aromatic nitrogens is 2. The van der Waals surface area contributed by atoms with Crippen molar-refractivity contribution in [2.24, 2.45) is 0 Å². The van der Waals surface area contributed by atoms with Crippen molar-refractivity contribution < 1.29 is 4.92 Å². The van der Waals surface area contributed by atoms with Crippen LogP contribution in [0.3, 0.4) is 0 Å². The first-order valence-corrected chi connectivity index (χ1v) is 4.19. The van der Waals surface area contributed by atoms with Crippen molar-refractivity contribution in [2.45, 2.75) is 6.04 Å². The van der Waals surface area contributed by atoms with Crippen molar-refractivity contribution in [3.8, 4) is 0 Å². The lowest BCUT2D eigenvalue weighted by molar-refractivity contribution is -0.518. The van der Waals surface area contributed by atoms with Crippen LogP contribution in [0.15, 0.2) is 36.7 Å². The third-order valence-electron chi connectivity index (χ3n) is 2.04. The Morgan fingerprint density at radius 3 is 1.93 bits per heavy atom. The smallest absolute Gasteiger partial charge is 0.291 e. The minimum absolute atomic E-state index is 0.322. The topological polar surface area (TPSA) is 74.7 Å². The Balaban J connectivity index is 2.40. The molecule has 0 atom stereocenters. The highest BCUT2D eigenvalue weighted by molar-refractivity contribution is 5.19. The van der Waals surface area contributed by atoms with Crippen molar-refractivity contribution in [1.82, 2.24) is 9.97 Å². The maximum atomic E-state index is 10.9. The normalized spacial score (nSPS) is 10.6. The van der Waals surface area contributed by atoms with Crippen molar-refractivity contribution in [1.29, 1.82) is 0 Å². The molecule has 0 saturated carbocycles. The molecule has 0 bridgehead atoms. The number of H-pyrrole nitrogens is 2. The molecule has 5 nitrogen and oxygen atoms in total. The first-order valence-electron chi connectivity index (χ1n) is 4.19. The molecule has 0 radical (unpaired) electrons. The fraction of sp³-hybridized carbons (Fsp3) is 0.111. The van der Waals surface area contributed by atoms with Gasteiger partial charge in [0.2, 0.25) is 0 Å². The van der Waals surface area contributed by atoms with E-state index in [9.17, 15) is 10.1 Å². The fourth-order valence-electron chi connectivity index (χ4n) is 1.42. The molecule has 0 aliphatic heterocycles. The second-order valence-corrected chi connectivity index (χ2v) is 2.94. The molecule has 2 aromatic heterocycles. The first-order chi connectivity index (χ1) is 6.79. The van der Waals surface area contributed by atoms with Crippen molar-refractivity contribution in [3.05, 3.63) is 58.2 Å². The Kier molecular flexibility index (Phi) is 2.06. The van der Waals surface area contributed by atoms with Crippen molar-refractivity contribution in [2.75, 3.05) is 0 Å². The van der Waals surface area contributed by atoms with Gasteiger partial charge in [-0.05, 0) is 24.3 Å². The van der Waals surface area contributed by atoms with Crippen molar-refractivity contribution in [3.63, 3.8) is 0 Å². The number of nitrogens with one attached hydrogen (secondary N) is 2. The van der Waals surface area contributed by atoms with Crippen LogP contribution in [-0.2, 0) is 0 Å². The second-order valence-electron chi connectivity index (χ2n) is 2.94. The largest absolute Gasteiger partial charge is 0.359 e. The summed E-state index contributed by atoms with van der Waals surface area (Å²) in [5.41, 5.74) is 1.16. The molecule has 72 valence electrons. The van der Waals surface area contributed by atoms with E-state index in [1.54, 1.807) is 36.7 Å². The van der Waals surface area contributed by atoms with Gasteiger partial charge in [-0.25, -0.2) is 0 Å². The van der Waals surface area contributed by atoms with E-state index >= 15 is 0 Å². The van der Waals surface area contributed by atoms with Crippen LogP contribution in [-0.4, -0.2) is 14.9 Å². The standard InChI is InChI=1S/C9H9N3O2/c13-12(14)9(7-3-1-5-10-7)8-4-2-6-11-8/h1-6,9-11H. The van der Waals surface area contributed by atoms with Gasteiger partial charge in [0.05, 0.1) is 11.4 Å². The van der Waals surface area contributed by atoms with E-state index in [0.29, 0.717) is 11.4 Å². The number of hydrogen-bond acceptors (Lipinski definition) is 2. The number of nitro groups is 1. The lowest BCUT2D eigenvalue weighted by Gasteiger charge is -2.04. The summed E-state index contributed by atoms with van der Waals surface area (Å²) in [7, 11) is 0. The van der Waals surface area contributed by atoms with Gasteiger partial charge in [-0.2, -0.15) is 0 Å². The molecule has 14 heavy (non-hydrogen) atoms. The summed E-state index contributed by atoms with van der Waals surface area (Å²) in [6.07, 6.45) is 3.35. The third-order valence-corrected chi connectivity index (χ3v) is 2.04. The van der Waals surface area contributed by atoms with Gasteiger partial charge in [0.25, 0.3) is 6.04 Å². The van der Waals surface area contributed by atoms with Gasteiger partial charge >= 0.3 is 0 Å². The quantitative estimate of drug-likeness (QED) is 0.572. The van der Waals surface area contributed by atoms with E-state index in [2.05, 4.69) is 9.97 Å². The molecule has 0 aromatic carbocycles. The summed E-state index contributed by atoms with van der Waals surface area (Å²) in [6, 6.07) is 6.06. The minimum Gasteiger partial charge on any atom is -0.359 e. The van der Waals surface area contributed by atoms with Crippen LogP contribution >= 0.6 is 0 Å². The summed E-state index contributed by atoms with van der Waals surface area (Å²) in [6.45, 7) is 0. The lowest BCUT2D eigenvalue weighted by atomic mass is 10.1. The fourth-order valence-corrected chi connectivity index (χ4v) is 1.42. The van der Waals surface area contributed by atoms with Gasteiger partial charge < -0.3 is 9.97 Å². The highest BCUT2D eigenvalue weighted by Gasteiger charge is 2.26. The Labute approximate surface area is 79.9 Å². The van der Waals surface area contributed by atoms with E-state index in [1.165, 1.54) is 0 Å². The molecule has 0 fully saturated rings. The second kappa shape index (κ2) is 3.37. The molecule has 0 amide bonds. The monoisotopic (exact) mass is 191 g/mol. The zero-order valence-corrected chi connectivity index (χ0v) is 7.31. The molecular formula is C9H9N3O2. The number of rotatable bonds is 3. The van der Waals surface area contributed by atoms with E-state index in [4.69, 9.17) is 0 Å². The predicted octanol–water partition coefficient (Wildman–Crippen LogP) is 1.71. The van der Waals surface area contributed by atoms with E-state index in [0.717, 1.165) is 0 Å². The maximum absolute atomic E-state index is 10.9. The minimum atomic E-state index is -0.833. The summed E-state index contributed by atoms with van der Waals surface area (Å²) >= 11 is 0. The average molecular weight is 191 g/mol. The molecule has 0 unspecified atom stereocenters. The highest BCUT2D eigenvalue weighted by atomic mass is 16.6. The molecule has 0 saturated heterocycles. The number of aromatic amines is 2. The Hall–Kier alpha value is -2.04. The third kappa shape index (κ3) is 1.39. The molecular weight excluding hydrogens is 182 g/mol. The molecule has 2 heterocycles. The van der Waals surface area contributed by atoms with Crippen LogP contribution < -0.4 is 0 Å². The zero-order chi connectivity index (χ0) is 9.97. The Morgan fingerprint density at radius 1 is 1.14 bits per heavy atom. The average Bonchev–Trinajstić information content (AvgIpc) is 2.75. The molecule has 0 aliphatic carbocycles. The molecule has 2 aromatic rings. The Bertz CT molecular complexity index is 371. The summed E-state index contributed by atoms with van der Waals surface area (Å²) < 4.78 is 0. The molecule has 0 aliphatic rings. The molecule has 0 spiro atoms. The van der Waals surface area contributed by atoms with Gasteiger partial charge in [0, 0.05) is 17.3 Å². The van der Waals surface area contributed by atoms with Gasteiger partial charge in [-0.1, -0.05) is 0 Å². The van der Waals surface area contributed by atoms with Gasteiger partial charge in [0.15, 0.2) is 0 Å². The summed E-state index contributed by atoms with van der Waals surface area (Å²) in [4.78, 5) is 16.2. The zero-order valence-electron chi connectivity index (χ0n) is 7.31. The predicted molar refractivity (Wildman–Crippen MR) is 50.4 cm³/mol. The van der Waals surface area contributed by atoms with Crippen LogP contribution in [0, 0.1) is 10.1 Å². The van der Waals surface area contributed by atoms with Gasteiger partial charge in [0.1, 0.15) is 0 Å². The van der Waals surface area contributed by atoms with Crippen LogP contribution in [0.5, 0.6) is 0 Å². The van der Waals surface area contributed by atoms with E-state index in [-0.39, 0.29) is 4.92 Å². The number of nitrogens with zero attached hydrogens (tertiary/aromatic N) is 1. The molecule has 2 N–H and O–H groups in total. The van der Waals surface area contributed by atoms with Gasteiger partial charge in [-0.15, -0.1) is 0 Å². The lowest BCUT2D eigenvalue weighted by Crippen LogP contribution is -2.12. The Morgan fingerprint density at radius 2 is 1.64 bits per heavy atom. The highest BCUT2D eigenvalue weighted by Crippen LogP contribution is 2.21. The molecule has 5 heteroatoms. The van der Waals surface area contributed by atoms with Crippen LogP contribution in [0.2, 0.25) is 0 Å². The maximum Gasteiger partial charge on any atom is 0.291 e. The SMILES string of the molecule is O=[N+]([O-])C(c1ccc[nH]1)c1ccc[nH]1. The summed E-state index contributed by atoms with van der Waals surface area (Å²) in [5, 5.41) is 10.9. The molecule has 2 rings (SSSR count). The van der Waals surface area contributed by atoms with Crippen molar-refractivity contribution >= 4 is 0 Å².